The maximum absolute atomic E-state index is 13.7. The topological polar surface area (TPSA) is 26.0 Å². The van der Waals surface area contributed by atoms with Crippen LogP contribution in [0.5, 0.6) is 0 Å². The molecule has 0 amide bonds. The van der Waals surface area contributed by atoms with Crippen LogP contribution in [0.1, 0.15) is 55.7 Å². The maximum Gasteiger partial charge on any atom is 0.146 e. The van der Waals surface area contributed by atoms with Gasteiger partial charge in [0.15, 0.2) is 0 Å². The molecule has 0 aliphatic heterocycles. The standard InChI is InChI=1S/C20H24FN/c1-20(11-5-2-6-12-20)17-8-4-3-7-16(17)13-15-9-10-19(22)18(21)14-15/h3-4,7-10,14H,2,5-6,11-13,22H2,1H3. The molecule has 0 spiro atoms. The molecular formula is C20H24FN. The monoisotopic (exact) mass is 297 g/mol. The van der Waals surface area contributed by atoms with Crippen molar-refractivity contribution in [2.75, 3.05) is 5.73 Å². The highest BCUT2D eigenvalue weighted by molar-refractivity contribution is 5.44. The van der Waals surface area contributed by atoms with Crippen LogP contribution in [0.2, 0.25) is 0 Å². The van der Waals surface area contributed by atoms with Crippen molar-refractivity contribution < 1.29 is 4.39 Å². The van der Waals surface area contributed by atoms with Gasteiger partial charge in [-0.05, 0) is 53.5 Å². The Labute approximate surface area is 132 Å². The molecule has 1 aliphatic carbocycles. The Morgan fingerprint density at radius 2 is 1.77 bits per heavy atom. The van der Waals surface area contributed by atoms with E-state index in [1.54, 1.807) is 12.1 Å². The van der Waals surface area contributed by atoms with Crippen molar-refractivity contribution >= 4 is 5.69 Å². The fourth-order valence-electron chi connectivity index (χ4n) is 3.77. The van der Waals surface area contributed by atoms with Gasteiger partial charge in [0.2, 0.25) is 0 Å². The summed E-state index contributed by atoms with van der Waals surface area (Å²) in [5.41, 5.74) is 9.80. The van der Waals surface area contributed by atoms with Crippen LogP contribution in [0.25, 0.3) is 0 Å². The molecule has 2 aromatic carbocycles. The van der Waals surface area contributed by atoms with E-state index in [1.807, 2.05) is 6.07 Å². The molecule has 2 heteroatoms. The average Bonchev–Trinajstić information content (AvgIpc) is 2.52. The molecule has 0 saturated heterocycles. The molecule has 1 aliphatic rings. The number of hydrogen-bond donors (Lipinski definition) is 1. The normalized spacial score (nSPS) is 17.4. The maximum atomic E-state index is 13.7. The lowest BCUT2D eigenvalue weighted by Gasteiger charge is -2.36. The van der Waals surface area contributed by atoms with Crippen LogP contribution in [-0.4, -0.2) is 0 Å². The molecule has 0 radical (unpaired) electrons. The van der Waals surface area contributed by atoms with Crippen LogP contribution in [0.15, 0.2) is 42.5 Å². The molecule has 3 rings (SSSR count). The molecule has 1 nitrogen and oxygen atoms in total. The summed E-state index contributed by atoms with van der Waals surface area (Å²) in [6.07, 6.45) is 7.23. The third kappa shape index (κ3) is 3.01. The predicted octanol–water partition coefficient (Wildman–Crippen LogP) is 5.22. The Balaban J connectivity index is 1.92. The van der Waals surface area contributed by atoms with Crippen molar-refractivity contribution in [3.8, 4) is 0 Å². The second kappa shape index (κ2) is 6.12. The second-order valence-electron chi connectivity index (χ2n) is 6.81. The first-order valence-corrected chi connectivity index (χ1v) is 8.21. The molecule has 1 saturated carbocycles. The molecule has 0 atom stereocenters. The van der Waals surface area contributed by atoms with Gasteiger partial charge in [-0.1, -0.05) is 56.5 Å². The lowest BCUT2D eigenvalue weighted by Crippen LogP contribution is -2.26. The summed E-state index contributed by atoms with van der Waals surface area (Å²) in [6.45, 7) is 2.38. The van der Waals surface area contributed by atoms with Gasteiger partial charge in [-0.25, -0.2) is 4.39 Å². The third-order valence-corrected chi connectivity index (χ3v) is 5.08. The average molecular weight is 297 g/mol. The van der Waals surface area contributed by atoms with E-state index in [0.717, 1.165) is 12.0 Å². The Morgan fingerprint density at radius 1 is 1.05 bits per heavy atom. The van der Waals surface area contributed by atoms with Gasteiger partial charge in [-0.3, -0.25) is 0 Å². The highest BCUT2D eigenvalue weighted by atomic mass is 19.1. The number of nitrogens with two attached hydrogens (primary N) is 1. The number of anilines is 1. The van der Waals surface area contributed by atoms with Gasteiger partial charge < -0.3 is 5.73 Å². The molecule has 116 valence electrons. The van der Waals surface area contributed by atoms with E-state index < -0.39 is 0 Å². The smallest absolute Gasteiger partial charge is 0.146 e. The van der Waals surface area contributed by atoms with E-state index >= 15 is 0 Å². The fraction of sp³-hybridized carbons (Fsp3) is 0.400. The molecule has 0 aromatic heterocycles. The number of hydrogen-bond acceptors (Lipinski definition) is 1. The first kappa shape index (κ1) is 15.1. The molecule has 0 bridgehead atoms. The number of benzene rings is 2. The van der Waals surface area contributed by atoms with Crippen LogP contribution in [0, 0.1) is 5.82 Å². The van der Waals surface area contributed by atoms with E-state index in [0.29, 0.717) is 0 Å². The Morgan fingerprint density at radius 3 is 2.50 bits per heavy atom. The van der Waals surface area contributed by atoms with Crippen LogP contribution >= 0.6 is 0 Å². The van der Waals surface area contributed by atoms with Gasteiger partial charge in [0.1, 0.15) is 5.82 Å². The van der Waals surface area contributed by atoms with E-state index in [1.165, 1.54) is 43.2 Å². The molecule has 2 aromatic rings. The van der Waals surface area contributed by atoms with Crippen molar-refractivity contribution in [1.82, 2.24) is 0 Å². The van der Waals surface area contributed by atoms with Crippen molar-refractivity contribution in [2.45, 2.75) is 50.9 Å². The lowest BCUT2D eigenvalue weighted by atomic mass is 9.69. The molecule has 22 heavy (non-hydrogen) atoms. The zero-order valence-corrected chi connectivity index (χ0v) is 13.2. The highest BCUT2D eigenvalue weighted by Crippen LogP contribution is 2.40. The summed E-state index contributed by atoms with van der Waals surface area (Å²) in [5, 5.41) is 0. The summed E-state index contributed by atoms with van der Waals surface area (Å²) < 4.78 is 13.7. The van der Waals surface area contributed by atoms with E-state index in [9.17, 15) is 4.39 Å². The number of nitrogen functional groups attached to an aromatic ring is 1. The number of halogens is 1. The largest absolute Gasteiger partial charge is 0.396 e. The van der Waals surface area contributed by atoms with Crippen molar-refractivity contribution in [3.63, 3.8) is 0 Å². The van der Waals surface area contributed by atoms with Gasteiger partial charge >= 0.3 is 0 Å². The quantitative estimate of drug-likeness (QED) is 0.772. The first-order chi connectivity index (χ1) is 10.6. The predicted molar refractivity (Wildman–Crippen MR) is 90.5 cm³/mol. The number of rotatable bonds is 3. The Kier molecular flexibility index (Phi) is 4.19. The van der Waals surface area contributed by atoms with Gasteiger partial charge in [0.05, 0.1) is 5.69 Å². The second-order valence-corrected chi connectivity index (χ2v) is 6.81. The molecule has 0 unspecified atom stereocenters. The summed E-state index contributed by atoms with van der Waals surface area (Å²) in [5.74, 6) is -0.321. The van der Waals surface area contributed by atoms with E-state index in [2.05, 4.69) is 31.2 Å². The van der Waals surface area contributed by atoms with Gasteiger partial charge in [0.25, 0.3) is 0 Å². The zero-order chi connectivity index (χ0) is 15.6. The molecule has 0 heterocycles. The first-order valence-electron chi connectivity index (χ1n) is 8.21. The molecular weight excluding hydrogens is 273 g/mol. The van der Waals surface area contributed by atoms with Crippen molar-refractivity contribution in [1.29, 1.82) is 0 Å². The van der Waals surface area contributed by atoms with E-state index in [4.69, 9.17) is 5.73 Å². The summed E-state index contributed by atoms with van der Waals surface area (Å²) >= 11 is 0. The van der Waals surface area contributed by atoms with Gasteiger partial charge in [-0.15, -0.1) is 0 Å². The molecule has 2 N–H and O–H groups in total. The van der Waals surface area contributed by atoms with Crippen LogP contribution in [0.4, 0.5) is 10.1 Å². The minimum Gasteiger partial charge on any atom is -0.396 e. The summed E-state index contributed by atoms with van der Waals surface area (Å²) in [7, 11) is 0. The fourth-order valence-corrected chi connectivity index (χ4v) is 3.77. The third-order valence-electron chi connectivity index (χ3n) is 5.08. The van der Waals surface area contributed by atoms with Gasteiger partial charge in [-0.2, -0.15) is 0 Å². The Hall–Kier alpha value is -1.83. The zero-order valence-electron chi connectivity index (χ0n) is 13.2. The SMILES string of the molecule is CC1(c2ccccc2Cc2ccc(N)c(F)c2)CCCCC1. The Bertz CT molecular complexity index is 657. The minimum absolute atomic E-state index is 0.219. The highest BCUT2D eigenvalue weighted by Gasteiger charge is 2.30. The minimum atomic E-state index is -0.321. The van der Waals surface area contributed by atoms with Crippen LogP contribution < -0.4 is 5.73 Å². The van der Waals surface area contributed by atoms with Crippen LogP contribution in [-0.2, 0) is 11.8 Å². The van der Waals surface area contributed by atoms with Crippen molar-refractivity contribution in [3.05, 3.63) is 65.0 Å². The van der Waals surface area contributed by atoms with Crippen LogP contribution in [0.3, 0.4) is 0 Å². The van der Waals surface area contributed by atoms with Crippen molar-refractivity contribution in [2.24, 2.45) is 0 Å². The molecule has 1 fully saturated rings. The lowest BCUT2D eigenvalue weighted by molar-refractivity contribution is 0.318. The summed E-state index contributed by atoms with van der Waals surface area (Å²) in [6, 6.07) is 13.8. The van der Waals surface area contributed by atoms with Gasteiger partial charge in [0, 0.05) is 0 Å². The summed E-state index contributed by atoms with van der Waals surface area (Å²) in [4.78, 5) is 0. The van der Waals surface area contributed by atoms with E-state index in [-0.39, 0.29) is 16.9 Å².